The number of ether oxygens (including phenoxy) is 2. The van der Waals surface area contributed by atoms with Gasteiger partial charge in [-0.3, -0.25) is 4.90 Å². The van der Waals surface area contributed by atoms with E-state index in [0.29, 0.717) is 29.0 Å². The zero-order valence-electron chi connectivity index (χ0n) is 21.1. The summed E-state index contributed by atoms with van der Waals surface area (Å²) in [6.07, 6.45) is 5.47. The number of hydrogen-bond acceptors (Lipinski definition) is 8. The molecule has 10 heteroatoms. The minimum absolute atomic E-state index is 0.208. The fraction of sp³-hybridized carbons (Fsp3) is 0.480. The number of rotatable bonds is 6. The first-order valence-corrected chi connectivity index (χ1v) is 13.6. The maximum absolute atomic E-state index is 13.2. The van der Waals surface area contributed by atoms with Crippen LogP contribution in [-0.4, -0.2) is 33.8 Å². The number of amides is 2. The smallest absolute Gasteiger partial charge is 0.415 e. The van der Waals surface area contributed by atoms with Crippen LogP contribution in [-0.2, 0) is 22.4 Å². The van der Waals surface area contributed by atoms with Gasteiger partial charge in [-0.05, 0) is 71.4 Å². The van der Waals surface area contributed by atoms with Crippen LogP contribution >= 0.6 is 34.2 Å². The summed E-state index contributed by atoms with van der Waals surface area (Å²) in [5.74, 6) is 2.76. The number of terminal acetylenes is 1. The number of hydrogen-bond donors (Lipinski definition) is 1. The molecule has 2 amide bonds. The molecule has 0 aromatic carbocycles. The van der Waals surface area contributed by atoms with Gasteiger partial charge in [-0.25, -0.2) is 9.59 Å². The van der Waals surface area contributed by atoms with Crippen molar-refractivity contribution in [1.82, 2.24) is 9.69 Å². The van der Waals surface area contributed by atoms with Gasteiger partial charge in [-0.15, -0.1) is 29.1 Å². The molecule has 0 saturated carbocycles. The topological polar surface area (TPSA) is 80.8 Å². The molecule has 0 spiro atoms. The average molecular weight is 534 g/mol. The molecule has 35 heavy (non-hydrogen) atoms. The lowest BCUT2D eigenvalue weighted by atomic mass is 10.1. The lowest BCUT2D eigenvalue weighted by molar-refractivity contribution is 0.0507. The number of nitrogens with zero attached hydrogens (tertiary/aromatic N) is 2. The van der Waals surface area contributed by atoms with E-state index in [1.165, 1.54) is 22.9 Å². The van der Waals surface area contributed by atoms with E-state index in [0.717, 1.165) is 14.5 Å². The van der Waals surface area contributed by atoms with Crippen molar-refractivity contribution < 1.29 is 19.1 Å². The van der Waals surface area contributed by atoms with Gasteiger partial charge in [-0.1, -0.05) is 12.0 Å². The molecule has 0 radical (unpaired) electrons. The molecule has 1 N–H and O–H groups in total. The van der Waals surface area contributed by atoms with Crippen LogP contribution in [0.1, 0.15) is 63.8 Å². The second-order valence-electron chi connectivity index (χ2n) is 10.1. The molecule has 1 atom stereocenters. The molecule has 7 nitrogen and oxygen atoms in total. The number of anilines is 1. The lowest BCUT2D eigenvalue weighted by Gasteiger charge is -2.26. The minimum Gasteiger partial charge on any atom is -0.444 e. The molecule has 3 rings (SSSR count). The molecule has 0 aliphatic heterocycles. The van der Waals surface area contributed by atoms with Crippen molar-refractivity contribution in [2.75, 3.05) is 4.90 Å². The zero-order valence-corrected chi connectivity index (χ0v) is 23.5. The maximum atomic E-state index is 13.2. The van der Waals surface area contributed by atoms with Gasteiger partial charge in [0.25, 0.3) is 0 Å². The van der Waals surface area contributed by atoms with Gasteiger partial charge in [-0.2, -0.15) is 4.37 Å². The van der Waals surface area contributed by atoms with Crippen molar-refractivity contribution in [3.63, 3.8) is 0 Å². The summed E-state index contributed by atoms with van der Waals surface area (Å²) < 4.78 is 16.5. The SMILES string of the molecule is C#Cc1c(CC(C)NC(=O)OC(C)(C)C)sc2c(N(Cc3cccs3)C(=O)OC(C)(C)C)snc12. The molecule has 3 aromatic heterocycles. The Kier molecular flexibility index (Phi) is 8.14. The summed E-state index contributed by atoms with van der Waals surface area (Å²) in [6.45, 7) is 13.3. The number of aromatic nitrogens is 1. The van der Waals surface area contributed by atoms with Crippen LogP contribution in [0.15, 0.2) is 17.5 Å². The molecular formula is C25H31N3O4S3. The Morgan fingerprint density at radius 1 is 1.20 bits per heavy atom. The maximum Gasteiger partial charge on any atom is 0.415 e. The van der Waals surface area contributed by atoms with Crippen molar-refractivity contribution >= 4 is 61.6 Å². The molecule has 1 unspecified atom stereocenters. The number of carbonyl (C=O) groups excluding carboxylic acids is 2. The van der Waals surface area contributed by atoms with E-state index in [1.807, 2.05) is 66.0 Å². The van der Waals surface area contributed by atoms with E-state index in [1.54, 1.807) is 16.2 Å². The van der Waals surface area contributed by atoms with Gasteiger partial charge in [0.15, 0.2) is 0 Å². The number of carbonyl (C=O) groups is 2. The normalized spacial score (nSPS) is 12.7. The molecule has 3 heterocycles. The van der Waals surface area contributed by atoms with Gasteiger partial charge in [0, 0.05) is 22.2 Å². The lowest BCUT2D eigenvalue weighted by Crippen LogP contribution is -2.38. The first kappa shape index (κ1) is 27.0. The molecular weight excluding hydrogens is 502 g/mol. The van der Waals surface area contributed by atoms with E-state index in [4.69, 9.17) is 15.9 Å². The van der Waals surface area contributed by atoms with E-state index in [2.05, 4.69) is 15.6 Å². The van der Waals surface area contributed by atoms with E-state index >= 15 is 0 Å². The highest BCUT2D eigenvalue weighted by Crippen LogP contribution is 2.42. The Balaban J connectivity index is 1.92. The quantitative estimate of drug-likeness (QED) is 0.353. The Morgan fingerprint density at radius 3 is 2.46 bits per heavy atom. The summed E-state index contributed by atoms with van der Waals surface area (Å²) in [5.41, 5.74) is 0.162. The third kappa shape index (κ3) is 7.19. The monoisotopic (exact) mass is 533 g/mol. The predicted octanol–water partition coefficient (Wildman–Crippen LogP) is 6.80. The summed E-state index contributed by atoms with van der Waals surface area (Å²) in [7, 11) is 0. The number of fused-ring (bicyclic) bond motifs is 1. The minimum atomic E-state index is -0.637. The van der Waals surface area contributed by atoms with Gasteiger partial charge < -0.3 is 14.8 Å². The number of nitrogens with one attached hydrogen (secondary N) is 1. The van der Waals surface area contributed by atoms with Crippen molar-refractivity contribution in [1.29, 1.82) is 0 Å². The van der Waals surface area contributed by atoms with Gasteiger partial charge in [0.1, 0.15) is 21.7 Å². The predicted molar refractivity (Wildman–Crippen MR) is 145 cm³/mol. The van der Waals surface area contributed by atoms with Crippen LogP contribution in [0.4, 0.5) is 14.6 Å². The van der Waals surface area contributed by atoms with Crippen LogP contribution in [0, 0.1) is 12.3 Å². The van der Waals surface area contributed by atoms with Crippen molar-refractivity contribution in [3.8, 4) is 12.3 Å². The Hall–Kier alpha value is -2.61. The third-order valence-electron chi connectivity index (χ3n) is 4.53. The molecule has 3 aromatic rings. The fourth-order valence-electron chi connectivity index (χ4n) is 3.23. The highest BCUT2D eigenvalue weighted by atomic mass is 32.1. The summed E-state index contributed by atoms with van der Waals surface area (Å²) in [5, 5.41) is 5.53. The number of thiophene rings is 2. The van der Waals surface area contributed by atoms with E-state index in [9.17, 15) is 9.59 Å². The van der Waals surface area contributed by atoms with E-state index in [-0.39, 0.29) is 6.04 Å². The van der Waals surface area contributed by atoms with Gasteiger partial charge in [0.05, 0.1) is 16.8 Å². The van der Waals surface area contributed by atoms with Gasteiger partial charge in [0.2, 0.25) is 0 Å². The average Bonchev–Trinajstić information content (AvgIpc) is 3.40. The molecule has 188 valence electrons. The fourth-order valence-corrected chi connectivity index (χ4v) is 6.27. The highest BCUT2D eigenvalue weighted by molar-refractivity contribution is 7.25. The molecule has 0 aliphatic rings. The van der Waals surface area contributed by atoms with Gasteiger partial charge >= 0.3 is 12.2 Å². The second-order valence-corrected chi connectivity index (χ2v) is 13.0. The standard InChI is InChI=1S/C25H31N3O4S3/c1-9-17-18(13-15(2)26-22(29)31-24(3,4)5)34-20-19(17)27-35-21(20)28(14-16-11-10-12-33-16)23(30)32-25(6,7)8/h1,10-12,15H,13-14H2,2-8H3,(H,26,29). The second kappa shape index (κ2) is 10.6. The van der Waals surface area contributed by atoms with Crippen LogP contribution in [0.3, 0.4) is 0 Å². The molecule has 0 aliphatic carbocycles. The first-order chi connectivity index (χ1) is 16.3. The summed E-state index contributed by atoms with van der Waals surface area (Å²) >= 11 is 4.30. The van der Waals surface area contributed by atoms with Crippen molar-refractivity contribution in [2.24, 2.45) is 0 Å². The molecule has 0 bridgehead atoms. The van der Waals surface area contributed by atoms with Crippen LogP contribution in [0.25, 0.3) is 10.2 Å². The Labute approximate surface area is 218 Å². The molecule has 0 fully saturated rings. The molecule has 0 saturated heterocycles. The first-order valence-electron chi connectivity index (χ1n) is 11.2. The van der Waals surface area contributed by atoms with E-state index < -0.39 is 23.4 Å². The number of alkyl carbamates (subject to hydrolysis) is 1. The Bertz CT molecular complexity index is 1220. The van der Waals surface area contributed by atoms with Crippen molar-refractivity contribution in [2.45, 2.75) is 78.7 Å². The highest BCUT2D eigenvalue weighted by Gasteiger charge is 2.29. The third-order valence-corrected chi connectivity index (χ3v) is 7.60. The summed E-state index contributed by atoms with van der Waals surface area (Å²) in [6, 6.07) is 3.73. The zero-order chi connectivity index (χ0) is 26.0. The largest absolute Gasteiger partial charge is 0.444 e. The van der Waals surface area contributed by atoms with Crippen LogP contribution in [0.2, 0.25) is 0 Å². The van der Waals surface area contributed by atoms with Crippen molar-refractivity contribution in [3.05, 3.63) is 32.8 Å². The summed E-state index contributed by atoms with van der Waals surface area (Å²) in [4.78, 5) is 28.9. The van der Waals surface area contributed by atoms with Crippen LogP contribution < -0.4 is 10.2 Å². The van der Waals surface area contributed by atoms with Crippen LogP contribution in [0.5, 0.6) is 0 Å². The Morgan fingerprint density at radius 2 is 1.89 bits per heavy atom.